The predicted molar refractivity (Wildman–Crippen MR) is 68.1 cm³/mol. The summed E-state index contributed by atoms with van der Waals surface area (Å²) >= 11 is 0. The zero-order chi connectivity index (χ0) is 14.6. The first kappa shape index (κ1) is 14.9. The molecule has 0 saturated heterocycles. The number of methoxy groups -OCH3 is 1. The Labute approximate surface area is 111 Å². The van der Waals surface area contributed by atoms with Crippen molar-refractivity contribution in [2.24, 2.45) is 0 Å². The molecule has 0 atom stereocenters. The van der Waals surface area contributed by atoms with E-state index in [1.165, 1.54) is 13.3 Å². The second-order valence-electron chi connectivity index (χ2n) is 4.88. The lowest BCUT2D eigenvalue weighted by Crippen LogP contribution is -2.45. The molecule has 0 unspecified atom stereocenters. The number of hydrogen-bond acceptors (Lipinski definition) is 6. The third-order valence-electron chi connectivity index (χ3n) is 2.39. The van der Waals surface area contributed by atoms with E-state index in [1.807, 2.05) is 20.8 Å². The van der Waals surface area contributed by atoms with Gasteiger partial charge in [-0.1, -0.05) is 0 Å². The number of aromatic nitrogens is 2. The van der Waals surface area contributed by atoms with Crippen molar-refractivity contribution in [3.63, 3.8) is 0 Å². The van der Waals surface area contributed by atoms with Crippen molar-refractivity contribution in [2.45, 2.75) is 26.3 Å². The van der Waals surface area contributed by atoms with Crippen LogP contribution in [0.4, 0.5) is 5.82 Å². The molecule has 104 valence electrons. The second kappa shape index (κ2) is 5.64. The molecular weight excluding hydrogens is 250 g/mol. The monoisotopic (exact) mass is 267 g/mol. The van der Waals surface area contributed by atoms with Crippen molar-refractivity contribution in [3.8, 4) is 0 Å². The Balaban J connectivity index is 3.16. The standard InChI is InChI=1S/C12H17N3O4/c1-12(2,3)15(7-9(16)17)8-5-6-13-10(14-8)11(18)19-4/h5-6H,7H2,1-4H3,(H,16,17). The summed E-state index contributed by atoms with van der Waals surface area (Å²) < 4.78 is 4.54. The minimum absolute atomic E-state index is 0.0976. The van der Waals surface area contributed by atoms with Crippen LogP contribution in [-0.2, 0) is 9.53 Å². The van der Waals surface area contributed by atoms with Gasteiger partial charge in [-0.3, -0.25) is 4.79 Å². The fourth-order valence-electron chi connectivity index (χ4n) is 1.49. The van der Waals surface area contributed by atoms with Crippen molar-refractivity contribution in [3.05, 3.63) is 18.1 Å². The normalized spacial score (nSPS) is 10.9. The first-order chi connectivity index (χ1) is 8.75. The van der Waals surface area contributed by atoms with E-state index in [9.17, 15) is 9.59 Å². The number of hydrogen-bond donors (Lipinski definition) is 1. The van der Waals surface area contributed by atoms with Gasteiger partial charge in [0.1, 0.15) is 12.4 Å². The largest absolute Gasteiger partial charge is 0.480 e. The van der Waals surface area contributed by atoms with Crippen LogP contribution in [0.1, 0.15) is 31.4 Å². The van der Waals surface area contributed by atoms with Gasteiger partial charge in [-0.05, 0) is 26.8 Å². The van der Waals surface area contributed by atoms with Crippen molar-refractivity contribution in [1.29, 1.82) is 0 Å². The molecule has 0 saturated carbocycles. The average Bonchev–Trinajstić information content (AvgIpc) is 2.33. The Bertz CT molecular complexity index is 482. The molecule has 19 heavy (non-hydrogen) atoms. The van der Waals surface area contributed by atoms with Gasteiger partial charge in [0.15, 0.2) is 0 Å². The highest BCUT2D eigenvalue weighted by Gasteiger charge is 2.26. The van der Waals surface area contributed by atoms with E-state index in [1.54, 1.807) is 11.0 Å². The smallest absolute Gasteiger partial charge is 0.376 e. The quantitative estimate of drug-likeness (QED) is 0.812. The number of carboxylic acid groups (broad SMARTS) is 1. The Morgan fingerprint density at radius 3 is 2.53 bits per heavy atom. The molecule has 1 heterocycles. The van der Waals surface area contributed by atoms with Crippen LogP contribution in [0.3, 0.4) is 0 Å². The summed E-state index contributed by atoms with van der Waals surface area (Å²) in [4.78, 5) is 31.7. The first-order valence-electron chi connectivity index (χ1n) is 5.66. The van der Waals surface area contributed by atoms with Gasteiger partial charge in [0.2, 0.25) is 5.82 Å². The molecule has 0 aliphatic carbocycles. The second-order valence-corrected chi connectivity index (χ2v) is 4.88. The van der Waals surface area contributed by atoms with Gasteiger partial charge in [-0.2, -0.15) is 0 Å². The van der Waals surface area contributed by atoms with E-state index in [-0.39, 0.29) is 12.4 Å². The lowest BCUT2D eigenvalue weighted by atomic mass is 10.1. The zero-order valence-electron chi connectivity index (χ0n) is 11.4. The SMILES string of the molecule is COC(=O)c1nccc(N(CC(=O)O)C(C)(C)C)n1. The lowest BCUT2D eigenvalue weighted by molar-refractivity contribution is -0.135. The van der Waals surface area contributed by atoms with Crippen LogP contribution in [0.5, 0.6) is 0 Å². The van der Waals surface area contributed by atoms with E-state index in [4.69, 9.17) is 5.11 Å². The maximum Gasteiger partial charge on any atom is 0.376 e. The van der Waals surface area contributed by atoms with Crippen molar-refractivity contribution < 1.29 is 19.4 Å². The molecule has 1 aromatic heterocycles. The minimum atomic E-state index is -0.979. The van der Waals surface area contributed by atoms with Gasteiger partial charge in [0.25, 0.3) is 0 Å². The molecular formula is C12H17N3O4. The summed E-state index contributed by atoms with van der Waals surface area (Å²) in [6, 6.07) is 1.56. The molecule has 0 amide bonds. The summed E-state index contributed by atoms with van der Waals surface area (Å²) in [5.41, 5.74) is -0.458. The summed E-state index contributed by atoms with van der Waals surface area (Å²) in [5, 5.41) is 8.96. The van der Waals surface area contributed by atoms with Crippen LogP contribution in [0.2, 0.25) is 0 Å². The molecule has 7 nitrogen and oxygen atoms in total. The molecule has 0 aromatic carbocycles. The number of anilines is 1. The van der Waals surface area contributed by atoms with Gasteiger partial charge in [0.05, 0.1) is 7.11 Å². The molecule has 0 aliphatic heterocycles. The maximum atomic E-state index is 11.4. The third kappa shape index (κ3) is 3.90. The highest BCUT2D eigenvalue weighted by Crippen LogP contribution is 2.21. The molecule has 1 rings (SSSR count). The topological polar surface area (TPSA) is 92.6 Å². The number of ether oxygens (including phenoxy) is 1. The van der Waals surface area contributed by atoms with E-state index in [0.29, 0.717) is 5.82 Å². The van der Waals surface area contributed by atoms with Crippen LogP contribution in [0.25, 0.3) is 0 Å². The van der Waals surface area contributed by atoms with Gasteiger partial charge in [0, 0.05) is 11.7 Å². The van der Waals surface area contributed by atoms with Gasteiger partial charge >= 0.3 is 11.9 Å². The Morgan fingerprint density at radius 2 is 2.05 bits per heavy atom. The zero-order valence-corrected chi connectivity index (χ0v) is 11.4. The predicted octanol–water partition coefficient (Wildman–Crippen LogP) is 0.953. The third-order valence-corrected chi connectivity index (χ3v) is 2.39. The van der Waals surface area contributed by atoms with E-state index in [2.05, 4.69) is 14.7 Å². The number of rotatable bonds is 4. The van der Waals surface area contributed by atoms with E-state index in [0.717, 1.165) is 0 Å². The molecule has 7 heteroatoms. The summed E-state index contributed by atoms with van der Waals surface area (Å²) in [6.07, 6.45) is 1.40. The molecule has 1 aromatic rings. The maximum absolute atomic E-state index is 11.4. The Kier molecular flexibility index (Phi) is 4.42. The first-order valence-corrected chi connectivity index (χ1v) is 5.66. The number of carbonyl (C=O) groups is 2. The average molecular weight is 267 g/mol. The van der Waals surface area contributed by atoms with Crippen LogP contribution in [-0.4, -0.2) is 46.2 Å². The van der Waals surface area contributed by atoms with Crippen LogP contribution in [0.15, 0.2) is 12.3 Å². The van der Waals surface area contributed by atoms with Crippen LogP contribution < -0.4 is 4.90 Å². The van der Waals surface area contributed by atoms with Crippen LogP contribution >= 0.6 is 0 Å². The van der Waals surface area contributed by atoms with E-state index >= 15 is 0 Å². The minimum Gasteiger partial charge on any atom is -0.480 e. The lowest BCUT2D eigenvalue weighted by Gasteiger charge is -2.35. The van der Waals surface area contributed by atoms with Crippen molar-refractivity contribution in [1.82, 2.24) is 9.97 Å². The van der Waals surface area contributed by atoms with Crippen LogP contribution in [0, 0.1) is 0 Å². The summed E-state index contributed by atoms with van der Waals surface area (Å²) in [5.74, 6) is -1.37. The fraction of sp³-hybridized carbons (Fsp3) is 0.500. The van der Waals surface area contributed by atoms with Crippen molar-refractivity contribution in [2.75, 3.05) is 18.6 Å². The number of aliphatic carboxylic acids is 1. The molecule has 0 radical (unpaired) electrons. The number of nitrogens with zero attached hydrogens (tertiary/aromatic N) is 3. The summed E-state index contributed by atoms with van der Waals surface area (Å²) in [7, 11) is 1.23. The van der Waals surface area contributed by atoms with Gasteiger partial charge in [-0.15, -0.1) is 0 Å². The van der Waals surface area contributed by atoms with E-state index < -0.39 is 17.5 Å². The highest BCUT2D eigenvalue weighted by molar-refractivity contribution is 5.85. The molecule has 0 aliphatic rings. The fourth-order valence-corrected chi connectivity index (χ4v) is 1.49. The number of carbonyl (C=O) groups excluding carboxylic acids is 1. The number of carboxylic acids is 1. The molecule has 0 spiro atoms. The Hall–Kier alpha value is -2.18. The van der Waals surface area contributed by atoms with Gasteiger partial charge in [-0.25, -0.2) is 14.8 Å². The number of esters is 1. The molecule has 0 fully saturated rings. The Morgan fingerprint density at radius 1 is 1.42 bits per heavy atom. The summed E-state index contributed by atoms with van der Waals surface area (Å²) in [6.45, 7) is 5.35. The molecule has 1 N–H and O–H groups in total. The van der Waals surface area contributed by atoms with Gasteiger partial charge < -0.3 is 14.7 Å². The van der Waals surface area contributed by atoms with Crippen molar-refractivity contribution >= 4 is 17.8 Å². The molecule has 0 bridgehead atoms. The highest BCUT2D eigenvalue weighted by atomic mass is 16.5.